The first-order chi connectivity index (χ1) is 17.0. The minimum Gasteiger partial charge on any atom is -0.497 e. The summed E-state index contributed by atoms with van der Waals surface area (Å²) in [6, 6.07) is 23.7. The van der Waals surface area contributed by atoms with Gasteiger partial charge in [-0.15, -0.1) is 0 Å². The lowest BCUT2D eigenvalue weighted by atomic mass is 9.96. The van der Waals surface area contributed by atoms with Crippen LogP contribution in [-0.4, -0.2) is 25.1 Å². The van der Waals surface area contributed by atoms with Gasteiger partial charge in [-0.2, -0.15) is 0 Å². The second-order valence-corrected chi connectivity index (χ2v) is 11.8. The van der Waals surface area contributed by atoms with Gasteiger partial charge < -0.3 is 9.47 Å². The number of ether oxygens (including phenoxy) is 2. The number of nitrogens with zero attached hydrogens (tertiary/aromatic N) is 1. The molecule has 186 valence electrons. The molecule has 0 spiro atoms. The summed E-state index contributed by atoms with van der Waals surface area (Å²) < 4.78 is 12.1. The van der Waals surface area contributed by atoms with Crippen molar-refractivity contribution in [3.63, 3.8) is 0 Å². The fourth-order valence-electron chi connectivity index (χ4n) is 4.91. The number of piperidine rings is 1. The molecular formula is C31H40NO2P. The Morgan fingerprint density at radius 2 is 1.71 bits per heavy atom. The molecule has 0 radical (unpaired) electrons. The zero-order valence-electron chi connectivity index (χ0n) is 21.8. The largest absolute Gasteiger partial charge is 0.497 e. The molecule has 0 aromatic heterocycles. The highest BCUT2D eigenvalue weighted by Gasteiger charge is 2.30. The first-order valence-electron chi connectivity index (χ1n) is 13.0. The molecule has 4 rings (SSSR count). The quantitative estimate of drug-likeness (QED) is 0.281. The topological polar surface area (TPSA) is 21.7 Å². The maximum absolute atomic E-state index is 6.42. The van der Waals surface area contributed by atoms with Gasteiger partial charge >= 0.3 is 0 Å². The first-order valence-corrected chi connectivity index (χ1v) is 14.0. The number of likely N-dealkylation sites (tertiary alicyclic amines) is 1. The van der Waals surface area contributed by atoms with Gasteiger partial charge in [0.05, 0.1) is 7.11 Å². The minimum absolute atomic E-state index is 0.0491. The van der Waals surface area contributed by atoms with Crippen molar-refractivity contribution in [2.75, 3.05) is 20.2 Å². The van der Waals surface area contributed by atoms with Crippen molar-refractivity contribution in [1.82, 2.24) is 4.90 Å². The maximum atomic E-state index is 6.42. The van der Waals surface area contributed by atoms with Gasteiger partial charge in [0.25, 0.3) is 0 Å². The van der Waals surface area contributed by atoms with E-state index in [9.17, 15) is 0 Å². The molecule has 0 saturated carbocycles. The number of benzene rings is 3. The van der Waals surface area contributed by atoms with Crippen LogP contribution in [0.3, 0.4) is 0 Å². The Balaban J connectivity index is 1.64. The summed E-state index contributed by atoms with van der Waals surface area (Å²) in [4.78, 5) is 2.63. The van der Waals surface area contributed by atoms with Crippen LogP contribution in [0.1, 0.15) is 61.8 Å². The van der Waals surface area contributed by atoms with Gasteiger partial charge in [-0.25, -0.2) is 0 Å². The third kappa shape index (κ3) is 6.66. The molecule has 1 heterocycles. The van der Waals surface area contributed by atoms with Crippen LogP contribution >= 0.6 is 8.58 Å². The molecule has 2 atom stereocenters. The van der Waals surface area contributed by atoms with Crippen molar-refractivity contribution in [3.05, 3.63) is 89.0 Å². The molecule has 1 aliphatic heterocycles. The predicted octanol–water partition coefficient (Wildman–Crippen LogP) is 7.20. The lowest BCUT2D eigenvalue weighted by Crippen LogP contribution is -2.31. The predicted molar refractivity (Wildman–Crippen MR) is 150 cm³/mol. The molecule has 1 fully saturated rings. The Morgan fingerprint density at radius 3 is 2.43 bits per heavy atom. The van der Waals surface area contributed by atoms with E-state index in [1.807, 2.05) is 12.1 Å². The van der Waals surface area contributed by atoms with Crippen molar-refractivity contribution in [2.24, 2.45) is 0 Å². The van der Waals surface area contributed by atoms with Gasteiger partial charge in [-0.1, -0.05) is 82.9 Å². The van der Waals surface area contributed by atoms with Crippen LogP contribution in [0.5, 0.6) is 11.5 Å². The highest BCUT2D eigenvalue weighted by Crippen LogP contribution is 2.49. The van der Waals surface area contributed by atoms with Crippen molar-refractivity contribution in [3.8, 4) is 11.5 Å². The smallest absolute Gasteiger partial charge is 0.124 e. The molecule has 3 aromatic rings. The van der Waals surface area contributed by atoms with Crippen molar-refractivity contribution in [2.45, 2.75) is 64.8 Å². The van der Waals surface area contributed by atoms with Gasteiger partial charge in [0, 0.05) is 17.3 Å². The Morgan fingerprint density at radius 1 is 0.943 bits per heavy atom. The summed E-state index contributed by atoms with van der Waals surface area (Å²) in [6.45, 7) is 11.0. The molecule has 0 N–H and O–H groups in total. The molecule has 0 aliphatic carbocycles. The number of aryl methyl sites for hydroxylation is 1. The zero-order valence-corrected chi connectivity index (χ0v) is 22.8. The van der Waals surface area contributed by atoms with Crippen LogP contribution in [0, 0.1) is 6.92 Å². The first kappa shape index (κ1) is 25.7. The van der Waals surface area contributed by atoms with E-state index in [1.165, 1.54) is 59.9 Å². The number of methoxy groups -OCH3 is 1. The van der Waals surface area contributed by atoms with Crippen molar-refractivity contribution < 1.29 is 9.47 Å². The molecule has 35 heavy (non-hydrogen) atoms. The summed E-state index contributed by atoms with van der Waals surface area (Å²) in [5.74, 6) is 1.84. The highest BCUT2D eigenvalue weighted by atomic mass is 31.1. The fraction of sp³-hybridized carbons (Fsp3) is 0.419. The minimum atomic E-state index is -0.0491. The summed E-state index contributed by atoms with van der Waals surface area (Å²) in [5, 5.41) is 1.43. The summed E-state index contributed by atoms with van der Waals surface area (Å²) in [7, 11) is 2.39. The third-order valence-electron chi connectivity index (χ3n) is 7.24. The third-order valence-corrected chi connectivity index (χ3v) is 9.17. The number of hydrogen-bond donors (Lipinski definition) is 0. The van der Waals surface area contributed by atoms with Crippen LogP contribution in [0.2, 0.25) is 0 Å². The fourth-order valence-corrected chi connectivity index (χ4v) is 6.49. The molecule has 3 nitrogen and oxygen atoms in total. The van der Waals surface area contributed by atoms with Crippen molar-refractivity contribution >= 4 is 13.9 Å². The monoisotopic (exact) mass is 489 g/mol. The van der Waals surface area contributed by atoms with E-state index in [-0.39, 0.29) is 5.16 Å². The summed E-state index contributed by atoms with van der Waals surface area (Å²) >= 11 is 0. The molecule has 0 amide bonds. The molecule has 4 heteroatoms. The second-order valence-electron chi connectivity index (χ2n) is 9.94. The van der Waals surface area contributed by atoms with E-state index in [2.05, 4.69) is 80.3 Å². The van der Waals surface area contributed by atoms with Gasteiger partial charge in [0.15, 0.2) is 0 Å². The van der Waals surface area contributed by atoms with E-state index >= 15 is 0 Å². The van der Waals surface area contributed by atoms with Crippen LogP contribution in [-0.2, 0) is 18.3 Å². The van der Waals surface area contributed by atoms with Gasteiger partial charge in [0.2, 0.25) is 0 Å². The SMILES string of the molecule is CCC(C)(Pc1ccc(C)cc1CN1CCCCC1)c1cc(OC)ccc1OCc1ccccc1. The number of hydrogen-bond acceptors (Lipinski definition) is 3. The summed E-state index contributed by atoms with van der Waals surface area (Å²) in [5.41, 5.74) is 5.24. The zero-order chi connectivity index (χ0) is 24.7. The second kappa shape index (κ2) is 12.1. The maximum Gasteiger partial charge on any atom is 0.124 e. The Bertz CT molecular complexity index is 1090. The normalized spacial score (nSPS) is 16.3. The van der Waals surface area contributed by atoms with Crippen molar-refractivity contribution in [1.29, 1.82) is 0 Å². The van der Waals surface area contributed by atoms with Crippen LogP contribution in [0.15, 0.2) is 66.7 Å². The van der Waals surface area contributed by atoms with E-state index in [1.54, 1.807) is 7.11 Å². The lowest BCUT2D eigenvalue weighted by molar-refractivity contribution is 0.221. The number of rotatable bonds is 10. The molecule has 3 aromatic carbocycles. The molecular weight excluding hydrogens is 449 g/mol. The van der Waals surface area contributed by atoms with E-state index in [0.29, 0.717) is 15.2 Å². The Hall–Kier alpha value is -2.35. The highest BCUT2D eigenvalue weighted by molar-refractivity contribution is 7.48. The molecule has 1 saturated heterocycles. The van der Waals surface area contributed by atoms with Crippen LogP contribution in [0.4, 0.5) is 0 Å². The van der Waals surface area contributed by atoms with Gasteiger partial charge in [0.1, 0.15) is 18.1 Å². The van der Waals surface area contributed by atoms with Gasteiger partial charge in [-0.3, -0.25) is 4.90 Å². The standard InChI is InChI=1S/C31H40NO2P/c1-5-31(3,35-30-17-14-24(2)20-26(30)22-32-18-10-7-11-19-32)28-21-27(33-4)15-16-29(28)34-23-25-12-8-6-9-13-25/h6,8-9,12-17,20-21,35H,5,7,10-11,18-19,22-23H2,1-4H3. The average molecular weight is 490 g/mol. The Labute approximate surface area is 213 Å². The lowest BCUT2D eigenvalue weighted by Gasteiger charge is -2.33. The van der Waals surface area contributed by atoms with E-state index in [0.717, 1.165) is 24.5 Å². The van der Waals surface area contributed by atoms with E-state index < -0.39 is 0 Å². The van der Waals surface area contributed by atoms with Crippen LogP contribution in [0.25, 0.3) is 0 Å². The Kier molecular flexibility index (Phi) is 8.87. The molecule has 2 unspecified atom stereocenters. The van der Waals surface area contributed by atoms with Gasteiger partial charge in [-0.05, 0) is 73.9 Å². The average Bonchev–Trinajstić information content (AvgIpc) is 2.90. The molecule has 0 bridgehead atoms. The van der Waals surface area contributed by atoms with Crippen LogP contribution < -0.4 is 14.8 Å². The summed E-state index contributed by atoms with van der Waals surface area (Å²) in [6.07, 6.45) is 5.04. The molecule has 1 aliphatic rings. The van der Waals surface area contributed by atoms with E-state index in [4.69, 9.17) is 9.47 Å².